The van der Waals surface area contributed by atoms with Crippen LogP contribution in [0.25, 0.3) is 0 Å². The van der Waals surface area contributed by atoms with Gasteiger partial charge in [-0.05, 0) is 27.4 Å². The van der Waals surface area contributed by atoms with Crippen molar-refractivity contribution in [1.29, 1.82) is 0 Å². The van der Waals surface area contributed by atoms with Crippen LogP contribution in [0.5, 0.6) is 0 Å². The van der Waals surface area contributed by atoms with Gasteiger partial charge in [0.2, 0.25) is 11.8 Å². The predicted octanol–water partition coefficient (Wildman–Crippen LogP) is 3.92. The highest BCUT2D eigenvalue weighted by Crippen LogP contribution is 2.14. The number of carbonyl (C=O) groups excluding carboxylic acids is 2. The van der Waals surface area contributed by atoms with Crippen LogP contribution in [0.15, 0.2) is 5.38 Å². The van der Waals surface area contributed by atoms with Crippen molar-refractivity contribution in [2.24, 2.45) is 0 Å². The zero-order valence-electron chi connectivity index (χ0n) is 17.4. The van der Waals surface area contributed by atoms with Crippen LogP contribution in [0.1, 0.15) is 64.0 Å². The summed E-state index contributed by atoms with van der Waals surface area (Å²) in [6, 6.07) is 0. The fraction of sp³-hybridized carbons (Fsp3) is 0.750. The van der Waals surface area contributed by atoms with Crippen LogP contribution in [0, 0.1) is 6.92 Å². The largest absolute Gasteiger partial charge is 0.332 e. The maximum Gasteiger partial charge on any atom is 0.245 e. The van der Waals surface area contributed by atoms with Gasteiger partial charge in [0.25, 0.3) is 0 Å². The summed E-state index contributed by atoms with van der Waals surface area (Å²) < 4.78 is 0. The molecule has 0 aliphatic heterocycles. The zero-order valence-corrected chi connectivity index (χ0v) is 18.2. The molecule has 0 unspecified atom stereocenters. The van der Waals surface area contributed by atoms with Crippen molar-refractivity contribution in [3.05, 3.63) is 11.1 Å². The highest BCUT2D eigenvalue weighted by atomic mass is 32.1. The number of aryl methyl sites for hydroxylation is 1. The first-order valence-corrected chi connectivity index (χ1v) is 10.9. The first kappa shape index (κ1) is 23.6. The lowest BCUT2D eigenvalue weighted by Crippen LogP contribution is -2.41. The van der Waals surface area contributed by atoms with Crippen molar-refractivity contribution >= 4 is 28.3 Å². The van der Waals surface area contributed by atoms with Crippen molar-refractivity contribution in [1.82, 2.24) is 14.8 Å². The molecule has 0 saturated carbocycles. The van der Waals surface area contributed by atoms with E-state index in [1.165, 1.54) is 43.4 Å². The first-order valence-electron chi connectivity index (χ1n) is 10.1. The van der Waals surface area contributed by atoms with Crippen LogP contribution in [-0.4, -0.2) is 60.3 Å². The molecule has 0 aliphatic carbocycles. The number of nitrogens with one attached hydrogen (secondary N) is 1. The normalized spacial score (nSPS) is 11.0. The van der Waals surface area contributed by atoms with E-state index in [0.29, 0.717) is 18.1 Å². The number of carbonyl (C=O) groups is 2. The molecule has 27 heavy (non-hydrogen) atoms. The van der Waals surface area contributed by atoms with Gasteiger partial charge in [0.1, 0.15) is 0 Å². The Labute approximate surface area is 168 Å². The smallest absolute Gasteiger partial charge is 0.245 e. The average Bonchev–Trinajstić information content (AvgIpc) is 3.02. The van der Waals surface area contributed by atoms with Gasteiger partial charge in [0, 0.05) is 24.9 Å². The Bertz CT molecular complexity index is 560. The molecule has 2 amide bonds. The Balaban J connectivity index is 2.41. The Morgan fingerprint density at radius 1 is 1.07 bits per heavy atom. The standard InChI is InChI=1S/C20H36N4O2S/c1-5-6-7-8-9-10-11-12-19(26)24(14-13-23(3)4)15-18(25)22-20-21-17(2)16-27-20/h16H,5-15H2,1-4H3,(H,21,22,25). The molecule has 0 atom stereocenters. The molecule has 0 radical (unpaired) electrons. The molecule has 0 fully saturated rings. The molecule has 0 aliphatic rings. The summed E-state index contributed by atoms with van der Waals surface area (Å²) in [6.07, 6.45) is 8.78. The molecule has 0 saturated heterocycles. The van der Waals surface area contributed by atoms with Gasteiger partial charge in [-0.25, -0.2) is 4.98 Å². The lowest BCUT2D eigenvalue weighted by atomic mass is 10.1. The minimum Gasteiger partial charge on any atom is -0.332 e. The van der Waals surface area contributed by atoms with E-state index in [4.69, 9.17) is 0 Å². The van der Waals surface area contributed by atoms with Gasteiger partial charge in [-0.2, -0.15) is 0 Å². The maximum absolute atomic E-state index is 12.6. The Morgan fingerprint density at radius 2 is 1.74 bits per heavy atom. The molecular weight excluding hydrogens is 360 g/mol. The van der Waals surface area contributed by atoms with Crippen LogP contribution >= 0.6 is 11.3 Å². The first-order chi connectivity index (χ1) is 12.9. The number of likely N-dealkylation sites (N-methyl/N-ethyl adjacent to an activating group) is 1. The van der Waals surface area contributed by atoms with Gasteiger partial charge in [0.05, 0.1) is 12.2 Å². The van der Waals surface area contributed by atoms with Gasteiger partial charge < -0.3 is 15.1 Å². The third-order valence-electron chi connectivity index (χ3n) is 4.36. The zero-order chi connectivity index (χ0) is 20.1. The van der Waals surface area contributed by atoms with E-state index in [-0.39, 0.29) is 18.4 Å². The molecule has 154 valence electrons. The summed E-state index contributed by atoms with van der Waals surface area (Å²) in [5.74, 6) is -0.119. The van der Waals surface area contributed by atoms with E-state index in [9.17, 15) is 9.59 Å². The van der Waals surface area contributed by atoms with Crippen LogP contribution in [0.4, 0.5) is 5.13 Å². The van der Waals surface area contributed by atoms with Crippen molar-refractivity contribution in [3.63, 3.8) is 0 Å². The molecular formula is C20H36N4O2S. The third-order valence-corrected chi connectivity index (χ3v) is 5.24. The van der Waals surface area contributed by atoms with Crippen molar-refractivity contribution < 1.29 is 9.59 Å². The summed E-state index contributed by atoms with van der Waals surface area (Å²) in [5, 5.41) is 5.27. The molecule has 1 N–H and O–H groups in total. The maximum atomic E-state index is 12.6. The minimum atomic E-state index is -0.184. The van der Waals surface area contributed by atoms with E-state index in [2.05, 4.69) is 17.2 Å². The molecule has 0 aromatic carbocycles. The molecule has 7 heteroatoms. The number of rotatable bonds is 14. The van der Waals surface area contributed by atoms with E-state index >= 15 is 0 Å². The molecule has 1 rings (SSSR count). The molecule has 6 nitrogen and oxygen atoms in total. The highest BCUT2D eigenvalue weighted by Gasteiger charge is 2.17. The van der Waals surface area contributed by atoms with Crippen molar-refractivity contribution in [2.75, 3.05) is 39.0 Å². The molecule has 1 aromatic heterocycles. The summed E-state index contributed by atoms with van der Waals surface area (Å²) in [6.45, 7) is 5.50. The van der Waals surface area contributed by atoms with Crippen molar-refractivity contribution in [3.8, 4) is 0 Å². The lowest BCUT2D eigenvalue weighted by molar-refractivity contribution is -0.135. The average molecular weight is 397 g/mol. The monoisotopic (exact) mass is 396 g/mol. The van der Waals surface area contributed by atoms with Gasteiger partial charge in [-0.1, -0.05) is 45.4 Å². The van der Waals surface area contributed by atoms with Crippen LogP contribution in [0.2, 0.25) is 0 Å². The topological polar surface area (TPSA) is 65.5 Å². The second-order valence-electron chi connectivity index (χ2n) is 7.33. The van der Waals surface area contributed by atoms with Gasteiger partial charge >= 0.3 is 0 Å². The summed E-state index contributed by atoms with van der Waals surface area (Å²) in [4.78, 5) is 32.8. The molecule has 1 aromatic rings. The highest BCUT2D eigenvalue weighted by molar-refractivity contribution is 7.13. The van der Waals surface area contributed by atoms with Gasteiger partial charge in [-0.15, -0.1) is 11.3 Å². The summed E-state index contributed by atoms with van der Waals surface area (Å²) in [5.41, 5.74) is 0.884. The van der Waals surface area contributed by atoms with E-state index in [1.54, 1.807) is 4.90 Å². The number of aromatic nitrogens is 1. The Kier molecular flexibility index (Phi) is 11.9. The number of hydrogen-bond donors (Lipinski definition) is 1. The van der Waals surface area contributed by atoms with E-state index in [0.717, 1.165) is 25.1 Å². The SMILES string of the molecule is CCCCCCCCCC(=O)N(CCN(C)C)CC(=O)Nc1nc(C)cs1. The Hall–Kier alpha value is -1.47. The second kappa shape index (κ2) is 13.7. The third kappa shape index (κ3) is 11.1. The fourth-order valence-corrected chi connectivity index (χ4v) is 3.45. The number of hydrogen-bond acceptors (Lipinski definition) is 5. The number of unbranched alkanes of at least 4 members (excludes halogenated alkanes) is 6. The lowest BCUT2D eigenvalue weighted by Gasteiger charge is -2.24. The second-order valence-corrected chi connectivity index (χ2v) is 8.19. The number of nitrogens with zero attached hydrogens (tertiary/aromatic N) is 3. The summed E-state index contributed by atoms with van der Waals surface area (Å²) in [7, 11) is 3.94. The van der Waals surface area contributed by atoms with Gasteiger partial charge in [-0.3, -0.25) is 9.59 Å². The van der Waals surface area contributed by atoms with Crippen LogP contribution < -0.4 is 5.32 Å². The number of thiazole rings is 1. The van der Waals surface area contributed by atoms with Crippen LogP contribution in [0.3, 0.4) is 0 Å². The number of amides is 2. The summed E-state index contributed by atoms with van der Waals surface area (Å²) >= 11 is 1.40. The van der Waals surface area contributed by atoms with Crippen molar-refractivity contribution in [2.45, 2.75) is 65.2 Å². The Morgan fingerprint density at radius 3 is 2.33 bits per heavy atom. The minimum absolute atomic E-state index is 0.0656. The predicted molar refractivity (Wildman–Crippen MR) is 113 cm³/mol. The van der Waals surface area contributed by atoms with Crippen LogP contribution in [-0.2, 0) is 9.59 Å². The fourth-order valence-electron chi connectivity index (χ4n) is 2.75. The molecule has 1 heterocycles. The van der Waals surface area contributed by atoms with E-state index < -0.39 is 0 Å². The molecule has 0 spiro atoms. The number of anilines is 1. The molecule has 0 bridgehead atoms. The van der Waals surface area contributed by atoms with Gasteiger partial charge in [0.15, 0.2) is 5.13 Å². The quantitative estimate of drug-likeness (QED) is 0.484. The van der Waals surface area contributed by atoms with E-state index in [1.807, 2.05) is 31.3 Å².